The number of rotatable bonds is 6. The number of benzene rings is 1. The van der Waals surface area contributed by atoms with Crippen molar-refractivity contribution in [2.24, 2.45) is 11.1 Å². The molecule has 0 radical (unpaired) electrons. The zero-order valence-corrected chi connectivity index (χ0v) is 12.1. The molecule has 0 aliphatic rings. The minimum Gasteiger partial charge on any atom is -0.371 e. The van der Waals surface area contributed by atoms with Crippen LogP contribution in [-0.4, -0.2) is 24.6 Å². The Hall–Kier alpha value is -2.13. The Labute approximate surface area is 118 Å². The van der Waals surface area contributed by atoms with Crippen molar-refractivity contribution in [1.82, 2.24) is 0 Å². The first-order valence-electron chi connectivity index (χ1n) is 6.48. The second-order valence-corrected chi connectivity index (χ2v) is 5.45. The van der Waals surface area contributed by atoms with E-state index in [1.165, 1.54) is 6.07 Å². The molecule has 0 unspecified atom stereocenters. The normalized spacial score (nSPS) is 10.9. The summed E-state index contributed by atoms with van der Waals surface area (Å²) in [5.74, 6) is 0. The molecule has 0 spiro atoms. The van der Waals surface area contributed by atoms with Crippen LogP contribution < -0.4 is 10.6 Å². The highest BCUT2D eigenvalue weighted by Gasteiger charge is 2.21. The van der Waals surface area contributed by atoms with Gasteiger partial charge in [-0.2, -0.15) is 5.26 Å². The van der Waals surface area contributed by atoms with Gasteiger partial charge >= 0.3 is 0 Å². The molecule has 2 N–H and O–H groups in total. The molecule has 6 heteroatoms. The molecule has 20 heavy (non-hydrogen) atoms. The van der Waals surface area contributed by atoms with Gasteiger partial charge in [0.15, 0.2) is 0 Å². The van der Waals surface area contributed by atoms with Crippen LogP contribution in [0, 0.1) is 26.9 Å². The largest absolute Gasteiger partial charge is 0.371 e. The SMILES string of the molecule is CCN(CC(C)(C)CN)c1ccc([N+](=O)[O-])c(C#N)c1. The van der Waals surface area contributed by atoms with E-state index in [2.05, 4.69) is 18.7 Å². The van der Waals surface area contributed by atoms with E-state index in [1.54, 1.807) is 12.1 Å². The van der Waals surface area contributed by atoms with Crippen LogP contribution in [0.3, 0.4) is 0 Å². The van der Waals surface area contributed by atoms with E-state index >= 15 is 0 Å². The molecule has 0 bridgehead atoms. The molecule has 0 aliphatic heterocycles. The molecule has 0 aromatic heterocycles. The summed E-state index contributed by atoms with van der Waals surface area (Å²) in [4.78, 5) is 12.4. The van der Waals surface area contributed by atoms with Gasteiger partial charge in [0.1, 0.15) is 11.6 Å². The van der Waals surface area contributed by atoms with Gasteiger partial charge < -0.3 is 10.6 Å². The number of hydrogen-bond acceptors (Lipinski definition) is 5. The Kier molecular flexibility index (Phi) is 5.06. The topological polar surface area (TPSA) is 96.2 Å². The van der Waals surface area contributed by atoms with E-state index in [1.807, 2.05) is 13.0 Å². The molecule has 0 saturated heterocycles. The van der Waals surface area contributed by atoms with Crippen LogP contribution in [0.4, 0.5) is 11.4 Å². The highest BCUT2D eigenvalue weighted by molar-refractivity contribution is 5.60. The predicted octanol–water partition coefficient (Wildman–Crippen LogP) is 2.28. The van der Waals surface area contributed by atoms with Crippen molar-refractivity contribution in [2.45, 2.75) is 20.8 Å². The van der Waals surface area contributed by atoms with Crippen molar-refractivity contribution in [2.75, 3.05) is 24.5 Å². The van der Waals surface area contributed by atoms with Crippen LogP contribution in [0.15, 0.2) is 18.2 Å². The van der Waals surface area contributed by atoms with Gasteiger partial charge in [0, 0.05) is 24.8 Å². The first-order chi connectivity index (χ1) is 9.34. The van der Waals surface area contributed by atoms with Crippen molar-refractivity contribution in [3.05, 3.63) is 33.9 Å². The van der Waals surface area contributed by atoms with Crippen LogP contribution in [0.2, 0.25) is 0 Å². The van der Waals surface area contributed by atoms with Crippen molar-refractivity contribution in [3.63, 3.8) is 0 Å². The number of nitro benzene ring substituents is 1. The van der Waals surface area contributed by atoms with Gasteiger partial charge in [0.25, 0.3) is 5.69 Å². The smallest absolute Gasteiger partial charge is 0.287 e. The van der Waals surface area contributed by atoms with Crippen molar-refractivity contribution >= 4 is 11.4 Å². The van der Waals surface area contributed by atoms with Gasteiger partial charge in [-0.25, -0.2) is 0 Å². The monoisotopic (exact) mass is 276 g/mol. The summed E-state index contributed by atoms with van der Waals surface area (Å²) in [5, 5.41) is 19.9. The molecule has 1 aromatic carbocycles. The van der Waals surface area contributed by atoms with Crippen LogP contribution in [-0.2, 0) is 0 Å². The van der Waals surface area contributed by atoms with Gasteiger partial charge in [0.2, 0.25) is 0 Å². The summed E-state index contributed by atoms with van der Waals surface area (Å²) in [5.41, 5.74) is 6.39. The molecule has 0 saturated carbocycles. The fraction of sp³-hybridized carbons (Fsp3) is 0.500. The van der Waals surface area contributed by atoms with Crippen molar-refractivity contribution in [3.8, 4) is 6.07 Å². The predicted molar refractivity (Wildman–Crippen MR) is 78.5 cm³/mol. The highest BCUT2D eigenvalue weighted by Crippen LogP contribution is 2.26. The lowest BCUT2D eigenvalue weighted by atomic mass is 9.92. The number of nitrogens with zero attached hydrogens (tertiary/aromatic N) is 3. The summed E-state index contributed by atoms with van der Waals surface area (Å²) in [7, 11) is 0. The molecular formula is C14H20N4O2. The maximum Gasteiger partial charge on any atom is 0.287 e. The highest BCUT2D eigenvalue weighted by atomic mass is 16.6. The van der Waals surface area contributed by atoms with Gasteiger partial charge in [-0.3, -0.25) is 10.1 Å². The number of nitriles is 1. The summed E-state index contributed by atoms with van der Waals surface area (Å²) < 4.78 is 0. The minimum atomic E-state index is -0.539. The van der Waals surface area contributed by atoms with Gasteiger partial charge in [-0.05, 0) is 31.0 Å². The molecule has 0 atom stereocenters. The maximum absolute atomic E-state index is 10.8. The average molecular weight is 276 g/mol. The van der Waals surface area contributed by atoms with E-state index in [4.69, 9.17) is 11.0 Å². The Balaban J connectivity index is 3.12. The standard InChI is InChI=1S/C14H20N4O2/c1-4-17(10-14(2,3)9-16)12-5-6-13(18(19)20)11(7-12)8-15/h5-7H,4,9-10,16H2,1-3H3. The third-order valence-electron chi connectivity index (χ3n) is 3.22. The molecule has 1 rings (SSSR count). The molecule has 0 fully saturated rings. The summed E-state index contributed by atoms with van der Waals surface area (Å²) in [6, 6.07) is 6.50. The second kappa shape index (κ2) is 6.35. The maximum atomic E-state index is 10.8. The quantitative estimate of drug-likeness (QED) is 0.635. The van der Waals surface area contributed by atoms with E-state index in [9.17, 15) is 10.1 Å². The first-order valence-corrected chi connectivity index (χ1v) is 6.48. The van der Waals surface area contributed by atoms with Gasteiger partial charge in [-0.15, -0.1) is 0 Å². The lowest BCUT2D eigenvalue weighted by molar-refractivity contribution is -0.385. The molecule has 1 aromatic rings. The Morgan fingerprint density at radius 2 is 2.15 bits per heavy atom. The minimum absolute atomic E-state index is 0.0649. The molecule has 0 aliphatic carbocycles. The molecule has 6 nitrogen and oxygen atoms in total. The lowest BCUT2D eigenvalue weighted by Crippen LogP contribution is -2.38. The van der Waals surface area contributed by atoms with E-state index < -0.39 is 4.92 Å². The second-order valence-electron chi connectivity index (χ2n) is 5.45. The fourth-order valence-corrected chi connectivity index (χ4v) is 1.94. The van der Waals surface area contributed by atoms with Crippen LogP contribution in [0.5, 0.6) is 0 Å². The van der Waals surface area contributed by atoms with Crippen molar-refractivity contribution in [1.29, 1.82) is 5.26 Å². The zero-order valence-electron chi connectivity index (χ0n) is 12.1. The summed E-state index contributed by atoms with van der Waals surface area (Å²) in [6.07, 6.45) is 0. The number of nitrogens with two attached hydrogens (primary N) is 1. The summed E-state index contributed by atoms with van der Waals surface area (Å²) in [6.45, 7) is 8.13. The van der Waals surface area contributed by atoms with Crippen molar-refractivity contribution < 1.29 is 4.92 Å². The Morgan fingerprint density at radius 1 is 1.50 bits per heavy atom. The Bertz CT molecular complexity index is 534. The summed E-state index contributed by atoms with van der Waals surface area (Å²) >= 11 is 0. The molecule has 108 valence electrons. The molecule has 0 heterocycles. The average Bonchev–Trinajstić information content (AvgIpc) is 2.43. The Morgan fingerprint density at radius 3 is 2.60 bits per heavy atom. The van der Waals surface area contributed by atoms with Crippen LogP contribution >= 0.6 is 0 Å². The van der Waals surface area contributed by atoms with E-state index in [0.29, 0.717) is 6.54 Å². The molecular weight excluding hydrogens is 256 g/mol. The van der Waals surface area contributed by atoms with E-state index in [0.717, 1.165) is 18.8 Å². The van der Waals surface area contributed by atoms with Crippen LogP contribution in [0.1, 0.15) is 26.3 Å². The number of hydrogen-bond donors (Lipinski definition) is 1. The fourth-order valence-electron chi connectivity index (χ4n) is 1.94. The van der Waals surface area contributed by atoms with Crippen LogP contribution in [0.25, 0.3) is 0 Å². The lowest BCUT2D eigenvalue weighted by Gasteiger charge is -2.32. The molecule has 0 amide bonds. The van der Waals surface area contributed by atoms with Gasteiger partial charge in [-0.1, -0.05) is 13.8 Å². The number of nitro groups is 1. The zero-order chi connectivity index (χ0) is 15.3. The van der Waals surface area contributed by atoms with E-state index in [-0.39, 0.29) is 16.7 Å². The van der Waals surface area contributed by atoms with Gasteiger partial charge in [0.05, 0.1) is 4.92 Å². The number of anilines is 1. The first kappa shape index (κ1) is 15.9. The third-order valence-corrected chi connectivity index (χ3v) is 3.22. The third kappa shape index (κ3) is 3.68.